The van der Waals surface area contributed by atoms with Crippen LogP contribution in [0.25, 0.3) is 0 Å². The monoisotopic (exact) mass is 280 g/mol. The first-order chi connectivity index (χ1) is 9.01. The summed E-state index contributed by atoms with van der Waals surface area (Å²) in [5, 5.41) is 4.03. The Bertz CT molecular complexity index is 438. The van der Waals surface area contributed by atoms with Crippen molar-refractivity contribution in [1.82, 2.24) is 10.2 Å². The lowest BCUT2D eigenvalue weighted by Crippen LogP contribution is -2.46. The molecule has 1 aromatic carbocycles. The van der Waals surface area contributed by atoms with Gasteiger partial charge in [-0.2, -0.15) is 0 Å². The molecule has 1 heterocycles. The molecule has 2 rings (SSSR count). The minimum absolute atomic E-state index is 0.216. The zero-order chi connectivity index (χ0) is 13.9. The highest BCUT2D eigenvalue weighted by Crippen LogP contribution is 2.30. The van der Waals surface area contributed by atoms with Gasteiger partial charge in [0.1, 0.15) is 0 Å². The van der Waals surface area contributed by atoms with Crippen molar-refractivity contribution in [2.24, 2.45) is 5.41 Å². The Labute approximate surface area is 119 Å². The first kappa shape index (κ1) is 14.4. The first-order valence-corrected chi connectivity index (χ1v) is 7.10. The molecule has 3 nitrogen and oxygen atoms in total. The van der Waals surface area contributed by atoms with Crippen LogP contribution in [0.5, 0.6) is 0 Å². The summed E-state index contributed by atoms with van der Waals surface area (Å²) in [4.78, 5) is 14.4. The van der Waals surface area contributed by atoms with E-state index in [2.05, 4.69) is 12.2 Å². The van der Waals surface area contributed by atoms with Crippen LogP contribution in [0.1, 0.15) is 25.3 Å². The Morgan fingerprint density at radius 2 is 1.89 bits per heavy atom. The van der Waals surface area contributed by atoms with Crippen LogP contribution in [0.4, 0.5) is 0 Å². The average molecular weight is 281 g/mol. The predicted molar refractivity (Wildman–Crippen MR) is 78.1 cm³/mol. The average Bonchev–Trinajstić information content (AvgIpc) is 2.41. The van der Waals surface area contributed by atoms with Gasteiger partial charge in [-0.25, -0.2) is 0 Å². The van der Waals surface area contributed by atoms with Gasteiger partial charge in [-0.05, 0) is 43.6 Å². The fraction of sp³-hybridized carbons (Fsp3) is 0.533. The number of carbonyl (C=O) groups excluding carboxylic acids is 1. The molecule has 1 fully saturated rings. The van der Waals surface area contributed by atoms with Gasteiger partial charge in [0.05, 0.1) is 0 Å². The highest BCUT2D eigenvalue weighted by Gasteiger charge is 2.36. The van der Waals surface area contributed by atoms with Crippen molar-refractivity contribution >= 4 is 17.5 Å². The highest BCUT2D eigenvalue weighted by molar-refractivity contribution is 6.30. The van der Waals surface area contributed by atoms with E-state index in [4.69, 9.17) is 11.6 Å². The Morgan fingerprint density at radius 1 is 1.32 bits per heavy atom. The number of hydrogen-bond donors (Lipinski definition) is 1. The molecule has 1 N–H and O–H groups in total. The molecule has 1 aromatic rings. The van der Waals surface area contributed by atoms with Crippen molar-refractivity contribution in [3.8, 4) is 0 Å². The summed E-state index contributed by atoms with van der Waals surface area (Å²) in [5.74, 6) is 0.240. The van der Waals surface area contributed by atoms with Crippen LogP contribution in [0.2, 0.25) is 5.02 Å². The minimum Gasteiger partial charge on any atom is -0.341 e. The fourth-order valence-electron chi connectivity index (χ4n) is 2.59. The number of nitrogens with one attached hydrogen (secondary N) is 1. The smallest absolute Gasteiger partial charge is 0.228 e. The Balaban J connectivity index is 2.00. The van der Waals surface area contributed by atoms with E-state index in [0.29, 0.717) is 6.54 Å². The number of piperidine rings is 1. The molecule has 0 saturated carbocycles. The van der Waals surface area contributed by atoms with Gasteiger partial charge in [-0.15, -0.1) is 0 Å². The van der Waals surface area contributed by atoms with E-state index in [1.165, 1.54) is 0 Å². The molecule has 4 heteroatoms. The third-order valence-electron chi connectivity index (χ3n) is 3.90. The molecular formula is C15H21ClN2O. The van der Waals surface area contributed by atoms with E-state index >= 15 is 0 Å². The van der Waals surface area contributed by atoms with Crippen LogP contribution >= 0.6 is 11.6 Å². The van der Waals surface area contributed by atoms with Crippen LogP contribution in [-0.2, 0) is 11.3 Å². The first-order valence-electron chi connectivity index (χ1n) is 6.72. The highest BCUT2D eigenvalue weighted by atomic mass is 35.5. The second-order valence-electron chi connectivity index (χ2n) is 5.60. The van der Waals surface area contributed by atoms with Gasteiger partial charge in [0.15, 0.2) is 0 Å². The lowest BCUT2D eigenvalue weighted by atomic mass is 9.79. The summed E-state index contributed by atoms with van der Waals surface area (Å²) >= 11 is 5.87. The van der Waals surface area contributed by atoms with Crippen LogP contribution in [-0.4, -0.2) is 30.9 Å². The second-order valence-corrected chi connectivity index (χ2v) is 6.03. The molecule has 0 radical (unpaired) electrons. The van der Waals surface area contributed by atoms with Crippen molar-refractivity contribution in [3.63, 3.8) is 0 Å². The number of hydrogen-bond acceptors (Lipinski definition) is 2. The van der Waals surface area contributed by atoms with Crippen molar-refractivity contribution in [1.29, 1.82) is 0 Å². The van der Waals surface area contributed by atoms with Crippen molar-refractivity contribution in [2.45, 2.75) is 26.3 Å². The van der Waals surface area contributed by atoms with Gasteiger partial charge >= 0.3 is 0 Å². The number of halogens is 1. The molecule has 19 heavy (non-hydrogen) atoms. The third-order valence-corrected chi connectivity index (χ3v) is 4.16. The number of nitrogens with zero attached hydrogens (tertiary/aromatic N) is 1. The van der Waals surface area contributed by atoms with Crippen molar-refractivity contribution < 1.29 is 4.79 Å². The molecule has 1 aliphatic rings. The molecule has 0 aliphatic carbocycles. The summed E-state index contributed by atoms with van der Waals surface area (Å²) in [6.45, 7) is 4.57. The summed E-state index contributed by atoms with van der Waals surface area (Å²) in [7, 11) is 1.88. The molecule has 104 valence electrons. The number of benzene rings is 1. The Morgan fingerprint density at radius 3 is 2.47 bits per heavy atom. The summed E-state index contributed by atoms with van der Waals surface area (Å²) in [6, 6.07) is 7.66. The van der Waals surface area contributed by atoms with E-state index < -0.39 is 0 Å². The molecule has 1 saturated heterocycles. The maximum absolute atomic E-state index is 12.6. The van der Waals surface area contributed by atoms with E-state index in [1.54, 1.807) is 0 Å². The quantitative estimate of drug-likeness (QED) is 0.923. The molecule has 0 unspecified atom stereocenters. The van der Waals surface area contributed by atoms with Gasteiger partial charge in [0.2, 0.25) is 5.91 Å². The van der Waals surface area contributed by atoms with Crippen LogP contribution < -0.4 is 5.32 Å². The van der Waals surface area contributed by atoms with Gasteiger partial charge in [-0.1, -0.05) is 30.7 Å². The molecule has 0 atom stereocenters. The molecular weight excluding hydrogens is 260 g/mol. The lowest BCUT2D eigenvalue weighted by molar-refractivity contribution is -0.141. The number of amides is 1. The van der Waals surface area contributed by atoms with Gasteiger partial charge in [-0.3, -0.25) is 4.79 Å². The zero-order valence-corrected chi connectivity index (χ0v) is 12.3. The topological polar surface area (TPSA) is 32.3 Å². The van der Waals surface area contributed by atoms with Crippen LogP contribution in [0.3, 0.4) is 0 Å². The summed E-state index contributed by atoms with van der Waals surface area (Å²) in [5.41, 5.74) is 0.893. The largest absolute Gasteiger partial charge is 0.341 e. The molecule has 0 bridgehead atoms. The molecule has 0 aromatic heterocycles. The van der Waals surface area contributed by atoms with Crippen molar-refractivity contribution in [2.75, 3.05) is 20.1 Å². The third kappa shape index (κ3) is 3.48. The van der Waals surface area contributed by atoms with Crippen molar-refractivity contribution in [3.05, 3.63) is 34.9 Å². The fourth-order valence-corrected chi connectivity index (χ4v) is 2.71. The molecule has 1 amide bonds. The maximum Gasteiger partial charge on any atom is 0.228 e. The standard InChI is InChI=1S/C15H21ClN2O/c1-15(7-9-17-10-8-15)14(19)18(2)11-12-3-5-13(16)6-4-12/h3-6,17H,7-11H2,1-2H3. The number of rotatable bonds is 3. The van der Waals surface area contributed by atoms with Gasteiger partial charge < -0.3 is 10.2 Å². The van der Waals surface area contributed by atoms with E-state index in [1.807, 2.05) is 36.2 Å². The Hall–Kier alpha value is -1.06. The van der Waals surface area contributed by atoms with E-state index in [-0.39, 0.29) is 11.3 Å². The molecule has 1 aliphatic heterocycles. The minimum atomic E-state index is -0.216. The van der Waals surface area contributed by atoms with E-state index in [0.717, 1.165) is 36.5 Å². The maximum atomic E-state index is 12.6. The lowest BCUT2D eigenvalue weighted by Gasteiger charge is -2.36. The van der Waals surface area contributed by atoms with Gasteiger partial charge in [0.25, 0.3) is 0 Å². The van der Waals surface area contributed by atoms with Gasteiger partial charge in [0, 0.05) is 24.0 Å². The number of carbonyl (C=O) groups is 1. The van der Waals surface area contributed by atoms with E-state index in [9.17, 15) is 4.79 Å². The van der Waals surface area contributed by atoms with Crippen LogP contribution in [0, 0.1) is 5.41 Å². The summed E-state index contributed by atoms with van der Waals surface area (Å²) < 4.78 is 0. The summed E-state index contributed by atoms with van der Waals surface area (Å²) in [6.07, 6.45) is 1.83. The predicted octanol–water partition coefficient (Wildman–Crippen LogP) is 2.69. The zero-order valence-electron chi connectivity index (χ0n) is 11.6. The normalized spacial score (nSPS) is 18.1. The Kier molecular flexibility index (Phi) is 4.48. The second kappa shape index (κ2) is 5.93. The SMILES string of the molecule is CN(Cc1ccc(Cl)cc1)C(=O)C1(C)CCNCC1. The van der Waals surface area contributed by atoms with Crippen LogP contribution in [0.15, 0.2) is 24.3 Å². The molecule has 0 spiro atoms.